The van der Waals surface area contributed by atoms with Crippen LogP contribution in [0.2, 0.25) is 0 Å². The first kappa shape index (κ1) is 18.2. The summed E-state index contributed by atoms with van der Waals surface area (Å²) in [5.41, 5.74) is 1.66. The van der Waals surface area contributed by atoms with E-state index in [4.69, 9.17) is 0 Å². The summed E-state index contributed by atoms with van der Waals surface area (Å²) in [4.78, 5) is 2.49. The first-order chi connectivity index (χ1) is 9.99. The second-order valence-corrected chi connectivity index (χ2v) is 6.69. The van der Waals surface area contributed by atoms with E-state index in [0.29, 0.717) is 6.04 Å². The second-order valence-electron chi connectivity index (χ2n) is 6.69. The molecule has 0 aliphatic heterocycles. The lowest BCUT2D eigenvalue weighted by Crippen LogP contribution is -2.35. The van der Waals surface area contributed by atoms with Crippen LogP contribution in [0.15, 0.2) is 30.3 Å². The first-order valence-electron chi connectivity index (χ1n) is 8.50. The Labute approximate surface area is 131 Å². The maximum atomic E-state index is 3.69. The van der Waals surface area contributed by atoms with Gasteiger partial charge in [0, 0.05) is 6.04 Å². The summed E-state index contributed by atoms with van der Waals surface area (Å²) < 4.78 is 0. The third-order valence-corrected chi connectivity index (χ3v) is 4.41. The van der Waals surface area contributed by atoms with Crippen LogP contribution in [-0.4, -0.2) is 37.1 Å². The number of hydrogen-bond donors (Lipinski definition) is 1. The topological polar surface area (TPSA) is 15.3 Å². The fourth-order valence-electron chi connectivity index (χ4n) is 3.04. The Bertz CT molecular complexity index is 368. The van der Waals surface area contributed by atoms with Gasteiger partial charge in [0.1, 0.15) is 0 Å². The molecular formula is C19H34N2. The number of hydrogen-bond acceptors (Lipinski definition) is 2. The minimum absolute atomic E-state index is 0.229. The molecule has 0 saturated heterocycles. The van der Waals surface area contributed by atoms with Crippen LogP contribution in [-0.2, 0) is 5.41 Å². The summed E-state index contributed by atoms with van der Waals surface area (Å²) in [6, 6.07) is 11.4. The molecule has 0 aliphatic rings. The number of nitrogens with one attached hydrogen (secondary N) is 1. The van der Waals surface area contributed by atoms with Gasteiger partial charge in [0.15, 0.2) is 0 Å². The molecule has 2 heteroatoms. The van der Waals surface area contributed by atoms with E-state index < -0.39 is 0 Å². The quantitative estimate of drug-likeness (QED) is 0.654. The summed E-state index contributed by atoms with van der Waals surface area (Å²) in [7, 11) is 0. The smallest absolute Gasteiger partial charge is 0.00470 e. The van der Waals surface area contributed by atoms with Crippen molar-refractivity contribution in [2.75, 3.05) is 26.2 Å². The van der Waals surface area contributed by atoms with Crippen molar-refractivity contribution < 1.29 is 0 Å². The molecule has 0 saturated carbocycles. The second kappa shape index (κ2) is 9.22. The lowest BCUT2D eigenvalue weighted by molar-refractivity contribution is 0.293. The predicted octanol–water partition coefficient (Wildman–Crippen LogP) is 4.06. The molecule has 1 unspecified atom stereocenters. The van der Waals surface area contributed by atoms with E-state index in [0.717, 1.165) is 19.6 Å². The largest absolute Gasteiger partial charge is 0.314 e. The van der Waals surface area contributed by atoms with Crippen LogP contribution in [0.5, 0.6) is 0 Å². The third-order valence-electron chi connectivity index (χ3n) is 4.41. The van der Waals surface area contributed by atoms with E-state index in [1.165, 1.54) is 24.9 Å². The van der Waals surface area contributed by atoms with E-state index in [-0.39, 0.29) is 5.41 Å². The average molecular weight is 290 g/mol. The minimum atomic E-state index is 0.229. The molecule has 1 N–H and O–H groups in total. The van der Waals surface area contributed by atoms with Gasteiger partial charge in [-0.05, 0) is 56.9 Å². The van der Waals surface area contributed by atoms with Crippen molar-refractivity contribution in [3.63, 3.8) is 0 Å². The Hall–Kier alpha value is -0.860. The van der Waals surface area contributed by atoms with Crippen LogP contribution in [0.1, 0.15) is 53.0 Å². The molecule has 0 spiro atoms. The molecule has 0 aromatic heterocycles. The Morgan fingerprint density at radius 1 is 1.10 bits per heavy atom. The molecule has 0 amide bonds. The highest BCUT2D eigenvalue weighted by Crippen LogP contribution is 2.27. The minimum Gasteiger partial charge on any atom is -0.314 e. The van der Waals surface area contributed by atoms with E-state index in [9.17, 15) is 0 Å². The Morgan fingerprint density at radius 2 is 1.71 bits per heavy atom. The molecule has 0 bridgehead atoms. The molecule has 1 atom stereocenters. The molecule has 0 aliphatic carbocycles. The Morgan fingerprint density at radius 3 is 2.29 bits per heavy atom. The molecule has 1 rings (SSSR count). The fraction of sp³-hybridized carbons (Fsp3) is 0.684. The maximum absolute atomic E-state index is 3.69. The Kier molecular flexibility index (Phi) is 7.98. The zero-order valence-electron chi connectivity index (χ0n) is 14.7. The van der Waals surface area contributed by atoms with Crippen molar-refractivity contribution in [1.29, 1.82) is 0 Å². The van der Waals surface area contributed by atoms with Gasteiger partial charge in [0.25, 0.3) is 0 Å². The highest BCUT2D eigenvalue weighted by Gasteiger charge is 2.22. The van der Waals surface area contributed by atoms with E-state index >= 15 is 0 Å². The van der Waals surface area contributed by atoms with Crippen molar-refractivity contribution in [2.24, 2.45) is 0 Å². The van der Waals surface area contributed by atoms with E-state index in [1.807, 2.05) is 0 Å². The van der Waals surface area contributed by atoms with Crippen molar-refractivity contribution in [1.82, 2.24) is 10.2 Å². The van der Waals surface area contributed by atoms with Crippen molar-refractivity contribution in [3.8, 4) is 0 Å². The molecule has 120 valence electrons. The van der Waals surface area contributed by atoms with Gasteiger partial charge in [-0.3, -0.25) is 0 Å². The number of benzene rings is 1. The Balaban J connectivity index is 2.31. The van der Waals surface area contributed by atoms with Gasteiger partial charge in [-0.1, -0.05) is 58.0 Å². The highest BCUT2D eigenvalue weighted by molar-refractivity contribution is 5.23. The zero-order chi connectivity index (χ0) is 15.7. The molecule has 1 aromatic carbocycles. The molecule has 2 nitrogen and oxygen atoms in total. The first-order valence-corrected chi connectivity index (χ1v) is 8.50. The lowest BCUT2D eigenvalue weighted by atomic mass is 9.79. The van der Waals surface area contributed by atoms with Gasteiger partial charge < -0.3 is 10.2 Å². The van der Waals surface area contributed by atoms with Gasteiger partial charge in [-0.15, -0.1) is 0 Å². The third kappa shape index (κ3) is 6.62. The summed E-state index contributed by atoms with van der Waals surface area (Å²) in [5, 5.41) is 3.69. The lowest BCUT2D eigenvalue weighted by Gasteiger charge is -2.29. The maximum Gasteiger partial charge on any atom is 0.00470 e. The molecule has 0 heterocycles. The summed E-state index contributed by atoms with van der Waals surface area (Å²) in [6.45, 7) is 16.1. The molecule has 0 radical (unpaired) electrons. The van der Waals surface area contributed by atoms with Crippen LogP contribution in [0.25, 0.3) is 0 Å². The van der Waals surface area contributed by atoms with Crippen LogP contribution in [0.4, 0.5) is 0 Å². The van der Waals surface area contributed by atoms with Crippen LogP contribution >= 0.6 is 0 Å². The molecule has 21 heavy (non-hydrogen) atoms. The van der Waals surface area contributed by atoms with Crippen molar-refractivity contribution in [3.05, 3.63) is 35.9 Å². The standard InChI is InChI=1S/C19H34N2/c1-6-21(7-2)15-11-14-20-17(3)16-19(4,5)18-12-9-8-10-13-18/h8-10,12-13,17,20H,6-7,11,14-16H2,1-5H3. The normalized spacial score (nSPS) is 13.6. The number of nitrogens with zero attached hydrogens (tertiary/aromatic N) is 1. The van der Waals surface area contributed by atoms with E-state index in [1.54, 1.807) is 0 Å². The fourth-order valence-corrected chi connectivity index (χ4v) is 3.04. The van der Waals surface area contributed by atoms with Crippen molar-refractivity contribution >= 4 is 0 Å². The molecule has 1 aromatic rings. The van der Waals surface area contributed by atoms with Gasteiger partial charge in [-0.25, -0.2) is 0 Å². The summed E-state index contributed by atoms with van der Waals surface area (Å²) >= 11 is 0. The molecule has 0 fully saturated rings. The highest BCUT2D eigenvalue weighted by atomic mass is 15.1. The van der Waals surface area contributed by atoms with Crippen LogP contribution < -0.4 is 5.32 Å². The predicted molar refractivity (Wildman–Crippen MR) is 94.0 cm³/mol. The van der Waals surface area contributed by atoms with E-state index in [2.05, 4.69) is 75.2 Å². The van der Waals surface area contributed by atoms with Gasteiger partial charge in [0.05, 0.1) is 0 Å². The summed E-state index contributed by atoms with van der Waals surface area (Å²) in [6.07, 6.45) is 2.40. The van der Waals surface area contributed by atoms with Crippen LogP contribution in [0, 0.1) is 0 Å². The number of rotatable bonds is 10. The van der Waals surface area contributed by atoms with Gasteiger partial charge in [-0.2, -0.15) is 0 Å². The van der Waals surface area contributed by atoms with Crippen molar-refractivity contribution in [2.45, 2.75) is 58.9 Å². The monoisotopic (exact) mass is 290 g/mol. The van der Waals surface area contributed by atoms with Gasteiger partial charge in [0.2, 0.25) is 0 Å². The van der Waals surface area contributed by atoms with Gasteiger partial charge >= 0.3 is 0 Å². The zero-order valence-corrected chi connectivity index (χ0v) is 14.7. The SMILES string of the molecule is CCN(CC)CCCNC(C)CC(C)(C)c1ccccc1. The van der Waals surface area contributed by atoms with Crippen LogP contribution in [0.3, 0.4) is 0 Å². The summed E-state index contributed by atoms with van der Waals surface area (Å²) in [5.74, 6) is 0. The molecular weight excluding hydrogens is 256 g/mol. The average Bonchev–Trinajstić information content (AvgIpc) is 2.48.